The fraction of sp³-hybridized carbons (Fsp3) is 0.185. The molecule has 0 unspecified atom stereocenters. The summed E-state index contributed by atoms with van der Waals surface area (Å²) in [5, 5.41) is 15.6. The molecule has 0 fully saturated rings. The van der Waals surface area contributed by atoms with Crippen LogP contribution in [0, 0.1) is 0 Å². The Balaban J connectivity index is 0.000000371. The number of pyridine rings is 1. The largest absolute Gasteiger partial charge is 0.478 e. The Morgan fingerprint density at radius 1 is 0.914 bits per heavy atom. The molecule has 0 radical (unpaired) electrons. The predicted molar refractivity (Wildman–Crippen MR) is 137 cm³/mol. The van der Waals surface area contributed by atoms with Crippen LogP contribution >= 0.6 is 0 Å². The molecule has 0 amide bonds. The fourth-order valence-electron chi connectivity index (χ4n) is 3.65. The summed E-state index contributed by atoms with van der Waals surface area (Å²) in [5.74, 6) is -2.51. The van der Waals surface area contributed by atoms with Crippen LogP contribution < -0.4 is 4.90 Å². The van der Waals surface area contributed by atoms with E-state index < -0.39 is 11.9 Å². The topological polar surface area (TPSA) is 106 Å². The summed E-state index contributed by atoms with van der Waals surface area (Å²) in [4.78, 5) is 33.1. The van der Waals surface area contributed by atoms with Crippen molar-refractivity contribution in [2.45, 2.75) is 6.42 Å². The first-order valence-electron chi connectivity index (χ1n) is 11.1. The van der Waals surface area contributed by atoms with Crippen molar-refractivity contribution in [1.82, 2.24) is 9.88 Å². The highest BCUT2D eigenvalue weighted by Crippen LogP contribution is 2.39. The Morgan fingerprint density at radius 2 is 1.57 bits per heavy atom. The molecular weight excluding hydrogens is 444 g/mol. The number of para-hydroxylation sites is 1. The van der Waals surface area contributed by atoms with Gasteiger partial charge >= 0.3 is 11.9 Å². The first kappa shape index (κ1) is 25.3. The van der Waals surface area contributed by atoms with Crippen molar-refractivity contribution in [2.24, 2.45) is 4.99 Å². The van der Waals surface area contributed by atoms with Crippen LogP contribution in [0.3, 0.4) is 0 Å². The second-order valence-corrected chi connectivity index (χ2v) is 8.03. The molecule has 8 heteroatoms. The lowest BCUT2D eigenvalue weighted by Gasteiger charge is -2.26. The molecule has 0 saturated carbocycles. The number of aliphatic carboxylic acids is 2. The van der Waals surface area contributed by atoms with Crippen molar-refractivity contribution in [3.8, 4) is 0 Å². The zero-order valence-electron chi connectivity index (χ0n) is 19.7. The normalized spacial score (nSPS) is 12.2. The predicted octanol–water partition coefficient (Wildman–Crippen LogP) is 4.37. The molecule has 2 heterocycles. The Hall–Kier alpha value is -4.30. The number of anilines is 2. The van der Waals surface area contributed by atoms with Crippen molar-refractivity contribution in [1.29, 1.82) is 0 Å². The molecule has 4 rings (SSSR count). The minimum Gasteiger partial charge on any atom is -0.478 e. The molecular formula is C27H28N4O4. The number of aromatic nitrogens is 1. The number of carbonyl (C=O) groups is 2. The van der Waals surface area contributed by atoms with Gasteiger partial charge < -0.3 is 20.0 Å². The van der Waals surface area contributed by atoms with Crippen LogP contribution in [0.1, 0.15) is 17.5 Å². The summed E-state index contributed by atoms with van der Waals surface area (Å²) in [6, 6.07) is 21.0. The number of carboxylic acids is 2. The Morgan fingerprint density at radius 3 is 2.23 bits per heavy atom. The number of aliphatic imine (C=N–C) groups is 1. The first-order chi connectivity index (χ1) is 16.9. The van der Waals surface area contributed by atoms with E-state index >= 15 is 0 Å². The highest BCUT2D eigenvalue weighted by Gasteiger charge is 2.23. The molecule has 3 aromatic rings. The standard InChI is InChI=1S/C23H24N4.C4H4O4/c1-26(2)15-8-16-27-21-12-7-6-11-19(21)23(18-9-4-3-5-10-18)25-20-13-14-24-17-22(20)27;5-3(6)1-2-4(7)8/h3-7,9-14,17H,8,15-16H2,1-2H3;1-2H,(H,5,6)(H,7,8)/b;2-1+. The molecule has 1 aliphatic rings. The van der Waals surface area contributed by atoms with Crippen molar-refractivity contribution >= 4 is 34.7 Å². The van der Waals surface area contributed by atoms with Gasteiger partial charge in [-0.1, -0.05) is 48.5 Å². The summed E-state index contributed by atoms with van der Waals surface area (Å²) >= 11 is 0. The van der Waals surface area contributed by atoms with Crippen LogP contribution in [0.25, 0.3) is 0 Å². The minimum absolute atomic E-state index is 0.558. The molecule has 1 aromatic heterocycles. The zero-order chi connectivity index (χ0) is 25.2. The summed E-state index contributed by atoms with van der Waals surface area (Å²) in [7, 11) is 4.23. The Kier molecular flexibility index (Phi) is 8.86. The third kappa shape index (κ3) is 7.09. The molecule has 35 heavy (non-hydrogen) atoms. The van der Waals surface area contributed by atoms with Gasteiger partial charge in [0.1, 0.15) is 0 Å². The molecule has 2 aromatic carbocycles. The van der Waals surface area contributed by atoms with Crippen molar-refractivity contribution < 1.29 is 19.8 Å². The van der Waals surface area contributed by atoms with E-state index in [2.05, 4.69) is 77.4 Å². The summed E-state index contributed by atoms with van der Waals surface area (Å²) in [5.41, 5.74) is 6.51. The van der Waals surface area contributed by atoms with E-state index in [1.807, 2.05) is 24.5 Å². The highest BCUT2D eigenvalue weighted by atomic mass is 16.4. The van der Waals surface area contributed by atoms with E-state index in [1.54, 1.807) is 0 Å². The lowest BCUT2D eigenvalue weighted by atomic mass is 10.00. The molecule has 8 nitrogen and oxygen atoms in total. The highest BCUT2D eigenvalue weighted by molar-refractivity contribution is 6.18. The maximum Gasteiger partial charge on any atom is 0.328 e. The summed E-state index contributed by atoms with van der Waals surface area (Å²) < 4.78 is 0. The molecule has 0 aliphatic carbocycles. The lowest BCUT2D eigenvalue weighted by Crippen LogP contribution is -2.24. The van der Waals surface area contributed by atoms with E-state index in [-0.39, 0.29) is 0 Å². The van der Waals surface area contributed by atoms with Crippen molar-refractivity contribution in [3.63, 3.8) is 0 Å². The second-order valence-electron chi connectivity index (χ2n) is 8.03. The lowest BCUT2D eigenvalue weighted by molar-refractivity contribution is -0.134. The molecule has 2 N–H and O–H groups in total. The van der Waals surface area contributed by atoms with Gasteiger partial charge in [-0.25, -0.2) is 14.6 Å². The second kappa shape index (κ2) is 12.2. The summed E-state index contributed by atoms with van der Waals surface area (Å²) in [6.07, 6.45) is 5.93. The van der Waals surface area contributed by atoms with Gasteiger partial charge in [0.05, 0.1) is 29.0 Å². The van der Waals surface area contributed by atoms with E-state index in [4.69, 9.17) is 15.2 Å². The quantitative estimate of drug-likeness (QED) is 0.492. The minimum atomic E-state index is -1.26. The number of hydrogen-bond acceptors (Lipinski definition) is 6. The molecule has 0 atom stereocenters. The number of benzene rings is 2. The fourth-order valence-corrected chi connectivity index (χ4v) is 3.65. The van der Waals surface area contributed by atoms with Crippen LogP contribution in [0.4, 0.5) is 17.1 Å². The van der Waals surface area contributed by atoms with Crippen LogP contribution in [-0.4, -0.2) is 64.9 Å². The maximum absolute atomic E-state index is 9.55. The van der Waals surface area contributed by atoms with Crippen LogP contribution in [-0.2, 0) is 9.59 Å². The molecule has 0 saturated heterocycles. The van der Waals surface area contributed by atoms with Crippen LogP contribution in [0.2, 0.25) is 0 Å². The van der Waals surface area contributed by atoms with Crippen LogP contribution in [0.15, 0.2) is 90.2 Å². The first-order valence-corrected chi connectivity index (χ1v) is 11.1. The van der Waals surface area contributed by atoms with Gasteiger partial charge in [0.15, 0.2) is 0 Å². The molecule has 180 valence electrons. The Labute approximate surface area is 204 Å². The van der Waals surface area contributed by atoms with Gasteiger partial charge in [-0.05, 0) is 39.2 Å². The van der Waals surface area contributed by atoms with Gasteiger partial charge in [-0.3, -0.25) is 4.98 Å². The summed E-state index contributed by atoms with van der Waals surface area (Å²) in [6.45, 7) is 1.96. The van der Waals surface area contributed by atoms with Crippen molar-refractivity contribution in [3.05, 3.63) is 96.3 Å². The van der Waals surface area contributed by atoms with Gasteiger partial charge in [0.25, 0.3) is 0 Å². The average molecular weight is 473 g/mol. The molecule has 0 bridgehead atoms. The maximum atomic E-state index is 9.55. The third-order valence-corrected chi connectivity index (χ3v) is 5.15. The third-order valence-electron chi connectivity index (χ3n) is 5.15. The average Bonchev–Trinajstić information content (AvgIpc) is 2.99. The number of hydrogen-bond donors (Lipinski definition) is 2. The van der Waals surface area contributed by atoms with Gasteiger partial charge in [0.2, 0.25) is 0 Å². The number of rotatable bonds is 7. The zero-order valence-corrected chi connectivity index (χ0v) is 19.7. The van der Waals surface area contributed by atoms with E-state index in [1.165, 1.54) is 5.69 Å². The SMILES string of the molecule is CN(C)CCCN1c2cnccc2N=C(c2ccccc2)c2ccccc21.O=C(O)/C=C/C(=O)O. The Bertz CT molecular complexity index is 1210. The molecule has 1 aliphatic heterocycles. The number of nitrogens with zero attached hydrogens (tertiary/aromatic N) is 4. The van der Waals surface area contributed by atoms with E-state index in [9.17, 15) is 9.59 Å². The van der Waals surface area contributed by atoms with E-state index in [0.717, 1.165) is 47.7 Å². The number of fused-ring (bicyclic) bond motifs is 2. The smallest absolute Gasteiger partial charge is 0.328 e. The van der Waals surface area contributed by atoms with Gasteiger partial charge in [0, 0.05) is 36.0 Å². The van der Waals surface area contributed by atoms with Gasteiger partial charge in [-0.2, -0.15) is 0 Å². The number of carboxylic acid groups (broad SMARTS) is 2. The molecule has 0 spiro atoms. The van der Waals surface area contributed by atoms with E-state index in [0.29, 0.717) is 12.2 Å². The monoisotopic (exact) mass is 472 g/mol. The van der Waals surface area contributed by atoms with Crippen LogP contribution in [0.5, 0.6) is 0 Å². The van der Waals surface area contributed by atoms with Crippen molar-refractivity contribution in [2.75, 3.05) is 32.1 Å². The van der Waals surface area contributed by atoms with Gasteiger partial charge in [-0.15, -0.1) is 0 Å².